The molecular weight excluding hydrogens is 274 g/mol. The van der Waals surface area contributed by atoms with Gasteiger partial charge in [-0.05, 0) is 12.8 Å². The molecule has 1 atom stereocenters. The van der Waals surface area contributed by atoms with Crippen LogP contribution in [0.3, 0.4) is 0 Å². The van der Waals surface area contributed by atoms with Gasteiger partial charge in [0.15, 0.2) is 0 Å². The number of methoxy groups -OCH3 is 1. The number of urea groups is 1. The molecule has 0 aromatic heterocycles. The Morgan fingerprint density at radius 2 is 2.05 bits per heavy atom. The van der Waals surface area contributed by atoms with Gasteiger partial charge < -0.3 is 24.5 Å². The van der Waals surface area contributed by atoms with Gasteiger partial charge in [0.25, 0.3) is 0 Å². The van der Waals surface area contributed by atoms with Gasteiger partial charge in [0.1, 0.15) is 0 Å². The summed E-state index contributed by atoms with van der Waals surface area (Å²) >= 11 is 0. The Labute approximate surface area is 126 Å². The van der Waals surface area contributed by atoms with Crippen LogP contribution in [0.15, 0.2) is 0 Å². The average molecular weight is 301 g/mol. The molecule has 0 aromatic rings. The van der Waals surface area contributed by atoms with Gasteiger partial charge in [0.05, 0.1) is 19.1 Å². The topological polar surface area (TPSA) is 73.3 Å². The fraction of sp³-hybridized carbons (Fsp3) is 0.857. The molecule has 1 N–H and O–H groups in total. The molecule has 0 aliphatic carbocycles. The fourth-order valence-corrected chi connectivity index (χ4v) is 2.55. The molecule has 1 rings (SSSR count). The number of hydrogen-bond acceptors (Lipinski definition) is 4. The van der Waals surface area contributed by atoms with Gasteiger partial charge >= 0.3 is 6.03 Å². The highest BCUT2D eigenvalue weighted by Gasteiger charge is 2.31. The molecule has 0 spiro atoms. The Kier molecular flexibility index (Phi) is 7.45. The van der Waals surface area contributed by atoms with Crippen molar-refractivity contribution in [2.24, 2.45) is 5.92 Å². The van der Waals surface area contributed by atoms with Crippen molar-refractivity contribution in [3.05, 3.63) is 0 Å². The van der Waals surface area contributed by atoms with Gasteiger partial charge in [-0.15, -0.1) is 0 Å². The van der Waals surface area contributed by atoms with E-state index in [2.05, 4.69) is 0 Å². The first-order valence-electron chi connectivity index (χ1n) is 7.36. The molecule has 1 fully saturated rings. The first kappa shape index (κ1) is 17.7. The summed E-state index contributed by atoms with van der Waals surface area (Å²) in [6.45, 7) is 2.29. The van der Waals surface area contributed by atoms with E-state index in [0.717, 1.165) is 12.8 Å². The lowest BCUT2D eigenvalue weighted by molar-refractivity contribution is -0.138. The second-order valence-electron chi connectivity index (χ2n) is 5.50. The SMILES string of the molecule is COCCN(CCO)C(=O)C1CCCN(C(=O)N(C)C)C1. The summed E-state index contributed by atoms with van der Waals surface area (Å²) < 4.78 is 5.00. The molecule has 1 unspecified atom stereocenters. The molecule has 0 bridgehead atoms. The first-order valence-corrected chi connectivity index (χ1v) is 7.36. The molecule has 1 heterocycles. The number of nitrogens with zero attached hydrogens (tertiary/aromatic N) is 3. The number of carbonyl (C=O) groups is 2. The van der Waals surface area contributed by atoms with Crippen molar-refractivity contribution in [2.45, 2.75) is 12.8 Å². The van der Waals surface area contributed by atoms with Crippen LogP contribution in [-0.4, -0.2) is 92.3 Å². The number of likely N-dealkylation sites (tertiary alicyclic amines) is 1. The summed E-state index contributed by atoms with van der Waals surface area (Å²) in [7, 11) is 5.01. The van der Waals surface area contributed by atoms with E-state index in [1.807, 2.05) is 0 Å². The maximum Gasteiger partial charge on any atom is 0.319 e. The third-order valence-electron chi connectivity index (χ3n) is 3.67. The molecule has 1 aliphatic rings. The van der Waals surface area contributed by atoms with Gasteiger partial charge in [0, 0.05) is 47.4 Å². The molecular formula is C14H27N3O4. The average Bonchev–Trinajstić information content (AvgIpc) is 2.50. The van der Waals surface area contributed by atoms with Gasteiger partial charge in [-0.25, -0.2) is 4.79 Å². The predicted octanol–water partition coefficient (Wildman–Crippen LogP) is -0.153. The molecule has 7 nitrogen and oxygen atoms in total. The molecule has 0 aromatic carbocycles. The maximum absolute atomic E-state index is 12.5. The highest BCUT2D eigenvalue weighted by Crippen LogP contribution is 2.19. The van der Waals surface area contributed by atoms with E-state index in [0.29, 0.717) is 32.8 Å². The fourth-order valence-electron chi connectivity index (χ4n) is 2.55. The van der Waals surface area contributed by atoms with E-state index in [1.54, 1.807) is 31.0 Å². The molecule has 1 aliphatic heterocycles. The largest absolute Gasteiger partial charge is 0.395 e. The van der Waals surface area contributed by atoms with Gasteiger partial charge in [-0.1, -0.05) is 0 Å². The molecule has 3 amide bonds. The Morgan fingerprint density at radius 3 is 2.62 bits per heavy atom. The molecule has 21 heavy (non-hydrogen) atoms. The van der Waals surface area contributed by atoms with Crippen molar-refractivity contribution in [1.29, 1.82) is 0 Å². The quantitative estimate of drug-likeness (QED) is 0.740. The maximum atomic E-state index is 12.5. The standard InChI is InChI=1S/C14H27N3O4/c1-15(2)14(20)17-6-4-5-12(11-17)13(19)16(7-9-18)8-10-21-3/h12,18H,4-11H2,1-3H3. The van der Waals surface area contributed by atoms with Crippen molar-refractivity contribution in [2.75, 3.05) is 60.6 Å². The minimum absolute atomic E-state index is 0.00245. The summed E-state index contributed by atoms with van der Waals surface area (Å²) in [4.78, 5) is 29.4. The number of ether oxygens (including phenoxy) is 1. The Balaban J connectivity index is 2.64. The molecule has 1 saturated heterocycles. The van der Waals surface area contributed by atoms with Gasteiger partial charge in [0.2, 0.25) is 5.91 Å². The Hall–Kier alpha value is -1.34. The van der Waals surface area contributed by atoms with Crippen LogP contribution in [0.4, 0.5) is 4.79 Å². The molecule has 7 heteroatoms. The van der Waals surface area contributed by atoms with Crippen LogP contribution in [0.5, 0.6) is 0 Å². The van der Waals surface area contributed by atoms with Crippen molar-refractivity contribution in [3.63, 3.8) is 0 Å². The minimum Gasteiger partial charge on any atom is -0.395 e. The lowest BCUT2D eigenvalue weighted by Gasteiger charge is -2.36. The number of rotatable bonds is 6. The lowest BCUT2D eigenvalue weighted by atomic mass is 9.96. The van der Waals surface area contributed by atoms with E-state index in [1.165, 1.54) is 4.90 Å². The molecule has 0 radical (unpaired) electrons. The minimum atomic E-state index is -0.189. The first-order chi connectivity index (χ1) is 10.0. The monoisotopic (exact) mass is 301 g/mol. The summed E-state index contributed by atoms with van der Waals surface area (Å²) in [5.74, 6) is -0.191. The molecule has 122 valence electrons. The van der Waals surface area contributed by atoms with E-state index >= 15 is 0 Å². The van der Waals surface area contributed by atoms with Crippen molar-refractivity contribution in [1.82, 2.24) is 14.7 Å². The van der Waals surface area contributed by atoms with Crippen molar-refractivity contribution in [3.8, 4) is 0 Å². The normalized spacial score (nSPS) is 18.5. The van der Waals surface area contributed by atoms with Crippen LogP contribution in [0.1, 0.15) is 12.8 Å². The predicted molar refractivity (Wildman–Crippen MR) is 78.9 cm³/mol. The Bertz CT molecular complexity index is 349. The third kappa shape index (κ3) is 5.17. The summed E-state index contributed by atoms with van der Waals surface area (Å²) in [6, 6.07) is -0.0573. The van der Waals surface area contributed by atoms with Crippen LogP contribution >= 0.6 is 0 Å². The second kappa shape index (κ2) is 8.84. The van der Waals surface area contributed by atoms with Crippen LogP contribution in [-0.2, 0) is 9.53 Å². The van der Waals surface area contributed by atoms with Crippen molar-refractivity contribution >= 4 is 11.9 Å². The van der Waals surface area contributed by atoms with Crippen LogP contribution < -0.4 is 0 Å². The van der Waals surface area contributed by atoms with Crippen LogP contribution in [0.2, 0.25) is 0 Å². The van der Waals surface area contributed by atoms with E-state index in [-0.39, 0.29) is 24.5 Å². The number of hydrogen-bond donors (Lipinski definition) is 1. The lowest BCUT2D eigenvalue weighted by Crippen LogP contribution is -2.50. The van der Waals surface area contributed by atoms with E-state index in [9.17, 15) is 9.59 Å². The van der Waals surface area contributed by atoms with Crippen molar-refractivity contribution < 1.29 is 19.4 Å². The number of amides is 3. The number of carbonyl (C=O) groups excluding carboxylic acids is 2. The number of piperidine rings is 1. The third-order valence-corrected chi connectivity index (χ3v) is 3.67. The summed E-state index contributed by atoms with van der Waals surface area (Å²) in [5.41, 5.74) is 0. The summed E-state index contributed by atoms with van der Waals surface area (Å²) in [6.07, 6.45) is 1.61. The number of aliphatic hydroxyl groups excluding tert-OH is 1. The smallest absolute Gasteiger partial charge is 0.319 e. The summed E-state index contributed by atoms with van der Waals surface area (Å²) in [5, 5.41) is 9.09. The molecule has 0 saturated carbocycles. The zero-order valence-corrected chi connectivity index (χ0v) is 13.2. The van der Waals surface area contributed by atoms with Gasteiger partial charge in [-0.3, -0.25) is 4.79 Å². The van der Waals surface area contributed by atoms with Gasteiger partial charge in [-0.2, -0.15) is 0 Å². The van der Waals surface area contributed by atoms with E-state index < -0.39 is 0 Å². The number of aliphatic hydroxyl groups is 1. The highest BCUT2D eigenvalue weighted by molar-refractivity contribution is 5.81. The zero-order valence-electron chi connectivity index (χ0n) is 13.2. The Morgan fingerprint density at radius 1 is 1.33 bits per heavy atom. The zero-order chi connectivity index (χ0) is 15.8. The highest BCUT2D eigenvalue weighted by atomic mass is 16.5. The van der Waals surface area contributed by atoms with Crippen LogP contribution in [0.25, 0.3) is 0 Å². The second-order valence-corrected chi connectivity index (χ2v) is 5.50. The van der Waals surface area contributed by atoms with Crippen LogP contribution in [0, 0.1) is 5.92 Å². The van der Waals surface area contributed by atoms with E-state index in [4.69, 9.17) is 9.84 Å².